The summed E-state index contributed by atoms with van der Waals surface area (Å²) in [6.45, 7) is 0. The smallest absolute Gasteiger partial charge is 0.163 e. The van der Waals surface area contributed by atoms with Crippen LogP contribution in [0.2, 0.25) is 0 Å². The molecule has 0 saturated heterocycles. The molecule has 1 unspecified atom stereocenters. The average molecular weight is 224 g/mol. The van der Waals surface area contributed by atoms with Gasteiger partial charge in [0.25, 0.3) is 0 Å². The number of benzene rings is 1. The zero-order valence-corrected chi connectivity index (χ0v) is 9.17. The van der Waals surface area contributed by atoms with E-state index in [0.717, 1.165) is 17.1 Å². The zero-order valence-electron chi connectivity index (χ0n) is 9.17. The average Bonchev–Trinajstić information content (AvgIpc) is 2.90. The number of hydrogen-bond donors (Lipinski definition) is 2. The first kappa shape index (κ1) is 9.99. The quantitative estimate of drug-likeness (QED) is 0.815. The summed E-state index contributed by atoms with van der Waals surface area (Å²) >= 11 is 0. The van der Waals surface area contributed by atoms with E-state index in [9.17, 15) is 0 Å². The van der Waals surface area contributed by atoms with Crippen LogP contribution in [0.15, 0.2) is 59.7 Å². The Morgan fingerprint density at radius 3 is 2.53 bits per heavy atom. The molecule has 0 radical (unpaired) electrons. The van der Waals surface area contributed by atoms with Crippen LogP contribution in [-0.4, -0.2) is 10.8 Å². The van der Waals surface area contributed by atoms with E-state index in [0.29, 0.717) is 0 Å². The SMILES string of the molecule is c1ccc(C2N=C(c3ccccn3)NN2)cc1. The van der Waals surface area contributed by atoms with Crippen LogP contribution in [0.3, 0.4) is 0 Å². The van der Waals surface area contributed by atoms with Crippen molar-refractivity contribution < 1.29 is 0 Å². The number of amidine groups is 1. The summed E-state index contributed by atoms with van der Waals surface area (Å²) in [6.07, 6.45) is 1.71. The van der Waals surface area contributed by atoms with Crippen molar-refractivity contribution in [1.82, 2.24) is 15.8 Å². The first-order valence-corrected chi connectivity index (χ1v) is 5.49. The van der Waals surface area contributed by atoms with Crippen molar-refractivity contribution in [3.8, 4) is 0 Å². The topological polar surface area (TPSA) is 49.3 Å². The van der Waals surface area contributed by atoms with E-state index in [-0.39, 0.29) is 6.17 Å². The highest BCUT2D eigenvalue weighted by Gasteiger charge is 2.18. The van der Waals surface area contributed by atoms with E-state index in [1.54, 1.807) is 6.20 Å². The Kier molecular flexibility index (Phi) is 2.55. The van der Waals surface area contributed by atoms with Gasteiger partial charge in [-0.1, -0.05) is 36.4 Å². The minimum atomic E-state index is -0.0480. The van der Waals surface area contributed by atoms with Crippen LogP contribution in [-0.2, 0) is 0 Å². The molecule has 0 fully saturated rings. The van der Waals surface area contributed by atoms with Crippen molar-refractivity contribution in [2.24, 2.45) is 4.99 Å². The lowest BCUT2D eigenvalue weighted by Gasteiger charge is -2.06. The molecule has 0 spiro atoms. The molecule has 2 heterocycles. The monoisotopic (exact) mass is 224 g/mol. The standard InChI is InChI=1S/C13H12N4/c1-2-6-10(7-3-1)12-15-13(17-16-12)11-8-4-5-9-14-11/h1-9,12,16H,(H,15,17). The molecule has 0 aliphatic carbocycles. The molecule has 1 aromatic heterocycles. The zero-order chi connectivity index (χ0) is 11.5. The van der Waals surface area contributed by atoms with E-state index < -0.39 is 0 Å². The summed E-state index contributed by atoms with van der Waals surface area (Å²) in [7, 11) is 0. The van der Waals surface area contributed by atoms with E-state index in [2.05, 4.69) is 20.8 Å². The maximum absolute atomic E-state index is 4.56. The minimum Gasteiger partial charge on any atom is -0.302 e. The molecule has 0 saturated carbocycles. The van der Waals surface area contributed by atoms with E-state index in [1.807, 2.05) is 48.5 Å². The van der Waals surface area contributed by atoms with E-state index in [1.165, 1.54) is 0 Å². The Labute approximate surface area is 99.4 Å². The Hall–Kier alpha value is -2.20. The number of nitrogens with zero attached hydrogens (tertiary/aromatic N) is 2. The van der Waals surface area contributed by atoms with Gasteiger partial charge < -0.3 is 5.43 Å². The molecular formula is C13H12N4. The number of rotatable bonds is 2. The second-order valence-corrected chi connectivity index (χ2v) is 3.78. The third-order valence-corrected chi connectivity index (χ3v) is 2.61. The third kappa shape index (κ3) is 2.03. The van der Waals surface area contributed by atoms with Gasteiger partial charge in [-0.2, -0.15) is 0 Å². The molecule has 3 rings (SSSR count). The summed E-state index contributed by atoms with van der Waals surface area (Å²) in [6, 6.07) is 15.9. The summed E-state index contributed by atoms with van der Waals surface area (Å²) < 4.78 is 0. The van der Waals surface area contributed by atoms with Gasteiger partial charge in [-0.25, -0.2) is 10.4 Å². The molecule has 1 aliphatic heterocycles. The van der Waals surface area contributed by atoms with Gasteiger partial charge in [0.2, 0.25) is 0 Å². The molecule has 0 amide bonds. The lowest BCUT2D eigenvalue weighted by atomic mass is 10.2. The number of hydrogen-bond acceptors (Lipinski definition) is 4. The molecule has 2 aromatic rings. The Bertz CT molecular complexity index is 522. The lowest BCUT2D eigenvalue weighted by molar-refractivity contribution is 0.575. The third-order valence-electron chi connectivity index (χ3n) is 2.61. The molecule has 1 atom stereocenters. The van der Waals surface area contributed by atoms with Crippen molar-refractivity contribution in [3.05, 3.63) is 66.0 Å². The number of aliphatic imine (C=N–C) groups is 1. The molecule has 17 heavy (non-hydrogen) atoms. The van der Waals surface area contributed by atoms with Crippen molar-refractivity contribution >= 4 is 5.84 Å². The van der Waals surface area contributed by atoms with Gasteiger partial charge in [0.05, 0.1) is 0 Å². The van der Waals surface area contributed by atoms with Crippen LogP contribution in [0.5, 0.6) is 0 Å². The van der Waals surface area contributed by atoms with Gasteiger partial charge in [-0.05, 0) is 17.7 Å². The minimum absolute atomic E-state index is 0.0480. The summed E-state index contributed by atoms with van der Waals surface area (Å²) in [5.74, 6) is 0.777. The van der Waals surface area contributed by atoms with Crippen molar-refractivity contribution in [2.75, 3.05) is 0 Å². The fourth-order valence-electron chi connectivity index (χ4n) is 1.76. The first-order chi connectivity index (χ1) is 8.43. The number of pyridine rings is 1. The maximum atomic E-state index is 4.56. The summed E-state index contributed by atoms with van der Waals surface area (Å²) in [5, 5.41) is 0. The normalized spacial score (nSPS) is 18.6. The van der Waals surface area contributed by atoms with Gasteiger partial charge in [-0.3, -0.25) is 4.98 Å². The second-order valence-electron chi connectivity index (χ2n) is 3.78. The summed E-state index contributed by atoms with van der Waals surface area (Å²) in [4.78, 5) is 8.82. The van der Waals surface area contributed by atoms with Crippen LogP contribution in [0, 0.1) is 0 Å². The highest BCUT2D eigenvalue weighted by Crippen LogP contribution is 2.17. The molecule has 0 bridgehead atoms. The van der Waals surface area contributed by atoms with Crippen LogP contribution in [0.1, 0.15) is 17.4 Å². The van der Waals surface area contributed by atoms with E-state index in [4.69, 9.17) is 0 Å². The van der Waals surface area contributed by atoms with Crippen molar-refractivity contribution in [3.63, 3.8) is 0 Å². The van der Waals surface area contributed by atoms with Crippen LogP contribution in [0.4, 0.5) is 0 Å². The summed E-state index contributed by atoms with van der Waals surface area (Å²) in [5.41, 5.74) is 8.16. The van der Waals surface area contributed by atoms with Crippen LogP contribution >= 0.6 is 0 Å². The van der Waals surface area contributed by atoms with Crippen molar-refractivity contribution in [2.45, 2.75) is 6.17 Å². The number of nitrogens with one attached hydrogen (secondary N) is 2. The van der Waals surface area contributed by atoms with Crippen LogP contribution in [0.25, 0.3) is 0 Å². The molecular weight excluding hydrogens is 212 g/mol. The highest BCUT2D eigenvalue weighted by molar-refractivity contribution is 5.97. The first-order valence-electron chi connectivity index (χ1n) is 5.49. The molecule has 4 nitrogen and oxygen atoms in total. The molecule has 2 N–H and O–H groups in total. The Morgan fingerprint density at radius 1 is 0.941 bits per heavy atom. The van der Waals surface area contributed by atoms with E-state index >= 15 is 0 Å². The molecule has 84 valence electrons. The predicted molar refractivity (Wildman–Crippen MR) is 66.2 cm³/mol. The maximum Gasteiger partial charge on any atom is 0.163 e. The van der Waals surface area contributed by atoms with Gasteiger partial charge in [0.15, 0.2) is 5.84 Å². The number of hydrazine groups is 1. The second kappa shape index (κ2) is 4.35. The number of aromatic nitrogens is 1. The fraction of sp³-hybridized carbons (Fsp3) is 0.0769. The molecule has 4 heteroatoms. The highest BCUT2D eigenvalue weighted by atomic mass is 15.5. The predicted octanol–water partition coefficient (Wildman–Crippen LogP) is 1.63. The van der Waals surface area contributed by atoms with Crippen molar-refractivity contribution in [1.29, 1.82) is 0 Å². The molecule has 1 aromatic carbocycles. The molecule has 1 aliphatic rings. The Balaban J connectivity index is 1.87. The van der Waals surface area contributed by atoms with Gasteiger partial charge in [-0.15, -0.1) is 0 Å². The van der Waals surface area contributed by atoms with Gasteiger partial charge in [0.1, 0.15) is 11.9 Å². The van der Waals surface area contributed by atoms with Crippen LogP contribution < -0.4 is 10.9 Å². The van der Waals surface area contributed by atoms with Gasteiger partial charge >= 0.3 is 0 Å². The Morgan fingerprint density at radius 2 is 1.76 bits per heavy atom. The largest absolute Gasteiger partial charge is 0.302 e. The fourth-order valence-corrected chi connectivity index (χ4v) is 1.76. The lowest BCUT2D eigenvalue weighted by Crippen LogP contribution is -2.32. The van der Waals surface area contributed by atoms with Gasteiger partial charge in [0, 0.05) is 6.20 Å².